The minimum atomic E-state index is -1.55. The third-order valence-corrected chi connectivity index (χ3v) is 6.06. The highest BCUT2D eigenvalue weighted by atomic mass is 16.7. The number of aryl methyl sites for hydroxylation is 1. The van der Waals surface area contributed by atoms with Gasteiger partial charge < -0.3 is 54.7 Å². The van der Waals surface area contributed by atoms with E-state index < -0.39 is 42.9 Å². The van der Waals surface area contributed by atoms with Crippen molar-refractivity contribution in [2.75, 3.05) is 20.3 Å². The number of methoxy groups -OCH3 is 1. The summed E-state index contributed by atoms with van der Waals surface area (Å²) >= 11 is 0. The number of phenols is 2. The van der Waals surface area contributed by atoms with Crippen molar-refractivity contribution in [2.45, 2.75) is 62.7 Å². The van der Waals surface area contributed by atoms with Crippen molar-refractivity contribution in [3.8, 4) is 23.0 Å². The van der Waals surface area contributed by atoms with Crippen molar-refractivity contribution in [3.63, 3.8) is 0 Å². The van der Waals surface area contributed by atoms with Crippen molar-refractivity contribution in [2.24, 2.45) is 0 Å². The number of phenolic OH excluding ortho intramolecular Hbond substituents is 2. The van der Waals surface area contributed by atoms with E-state index in [1.807, 2.05) is 0 Å². The van der Waals surface area contributed by atoms with Gasteiger partial charge in [0.25, 0.3) is 0 Å². The molecule has 1 aliphatic rings. The molecule has 1 aliphatic heterocycles. The van der Waals surface area contributed by atoms with Crippen LogP contribution in [-0.4, -0.2) is 92.9 Å². The van der Waals surface area contributed by atoms with Gasteiger partial charge in [-0.25, -0.2) is 0 Å². The van der Waals surface area contributed by atoms with Gasteiger partial charge in [-0.05, 0) is 55.2 Å². The van der Waals surface area contributed by atoms with Crippen LogP contribution < -0.4 is 9.47 Å². The van der Waals surface area contributed by atoms with E-state index in [1.165, 1.54) is 44.4 Å². The van der Waals surface area contributed by atoms with Gasteiger partial charge in [0.05, 0.1) is 19.8 Å². The maximum absolute atomic E-state index is 11.1. The van der Waals surface area contributed by atoms with Crippen molar-refractivity contribution >= 4 is 0 Å². The van der Waals surface area contributed by atoms with E-state index in [0.29, 0.717) is 18.4 Å². The molecule has 36 heavy (non-hydrogen) atoms. The molecule has 7 N–H and O–H groups in total. The first kappa shape index (κ1) is 27.9. The largest absolute Gasteiger partial charge is 0.504 e. The van der Waals surface area contributed by atoms with Crippen molar-refractivity contribution in [1.29, 1.82) is 0 Å². The summed E-state index contributed by atoms with van der Waals surface area (Å²) in [5, 5.41) is 70.7. The molecule has 0 saturated carbocycles. The van der Waals surface area contributed by atoms with Crippen LogP contribution in [0.25, 0.3) is 0 Å². The molecule has 0 radical (unpaired) electrons. The van der Waals surface area contributed by atoms with Crippen molar-refractivity contribution in [1.82, 2.24) is 0 Å². The molecule has 0 aromatic heterocycles. The average molecular weight is 511 g/mol. The van der Waals surface area contributed by atoms with Gasteiger partial charge in [0.2, 0.25) is 0 Å². The first-order valence-electron chi connectivity index (χ1n) is 11.6. The van der Waals surface area contributed by atoms with Gasteiger partial charge >= 0.3 is 0 Å². The van der Waals surface area contributed by atoms with E-state index in [2.05, 4.69) is 0 Å². The lowest BCUT2D eigenvalue weighted by Gasteiger charge is -2.39. The summed E-state index contributed by atoms with van der Waals surface area (Å²) in [6.45, 7) is 1.17. The summed E-state index contributed by atoms with van der Waals surface area (Å²) < 4.78 is 22.1. The summed E-state index contributed by atoms with van der Waals surface area (Å²) in [5.41, 5.74) is 1.09. The monoisotopic (exact) mass is 510 g/mol. The molecular weight excluding hydrogens is 476 g/mol. The number of ether oxygens (including phenoxy) is 4. The van der Waals surface area contributed by atoms with Gasteiger partial charge in [0.15, 0.2) is 35.4 Å². The van der Waals surface area contributed by atoms with E-state index in [0.717, 1.165) is 5.56 Å². The van der Waals surface area contributed by atoms with Crippen LogP contribution in [0.15, 0.2) is 36.4 Å². The number of rotatable bonds is 11. The third kappa shape index (κ3) is 6.56. The zero-order valence-corrected chi connectivity index (χ0v) is 20.1. The van der Waals surface area contributed by atoms with Crippen LogP contribution in [-0.2, 0) is 15.9 Å². The SMILES string of the molecule is COc1cc(C(O)C(COC2OC(C)C(O)C(O)C2O)Oc2ccc(CCCO)cc2O)ccc1O. The Balaban J connectivity index is 1.83. The Labute approximate surface area is 208 Å². The first-order valence-corrected chi connectivity index (χ1v) is 11.6. The minimum absolute atomic E-state index is 0.0140. The second kappa shape index (κ2) is 12.5. The lowest BCUT2D eigenvalue weighted by atomic mass is 10.00. The molecule has 0 spiro atoms. The standard InChI is InChI=1S/C25H34O11/c1-13-21(29)23(31)24(32)25(35-13)34-12-20(22(30)15-6-7-16(27)19(11-15)33-2)36-18-8-5-14(4-3-9-26)10-17(18)28/h5-8,10-11,13,20-32H,3-4,9,12H2,1-2H3. The number of aliphatic hydroxyl groups excluding tert-OH is 5. The fourth-order valence-electron chi connectivity index (χ4n) is 3.89. The predicted octanol–water partition coefficient (Wildman–Crippen LogP) is 0.356. The summed E-state index contributed by atoms with van der Waals surface area (Å²) in [6, 6.07) is 8.95. The molecule has 11 nitrogen and oxygen atoms in total. The number of aromatic hydroxyl groups is 2. The normalized spacial score (nSPS) is 25.8. The molecule has 2 aromatic carbocycles. The molecular formula is C25H34O11. The number of benzene rings is 2. The second-order valence-corrected chi connectivity index (χ2v) is 8.68. The van der Waals surface area contributed by atoms with E-state index in [4.69, 9.17) is 24.1 Å². The summed E-state index contributed by atoms with van der Waals surface area (Å²) in [5.74, 6) is -0.139. The van der Waals surface area contributed by atoms with Gasteiger partial charge in [0, 0.05) is 6.61 Å². The van der Waals surface area contributed by atoms with Crippen LogP contribution in [0.5, 0.6) is 23.0 Å². The molecule has 11 heteroatoms. The van der Waals surface area contributed by atoms with E-state index in [9.17, 15) is 30.6 Å². The molecule has 200 valence electrons. The molecule has 0 amide bonds. The Bertz CT molecular complexity index is 984. The zero-order valence-electron chi connectivity index (χ0n) is 20.1. The quantitative estimate of drug-likeness (QED) is 0.222. The summed E-state index contributed by atoms with van der Waals surface area (Å²) in [4.78, 5) is 0. The van der Waals surface area contributed by atoms with Crippen LogP contribution in [0, 0.1) is 0 Å². The zero-order chi connectivity index (χ0) is 26.4. The maximum atomic E-state index is 11.1. The van der Waals surface area contributed by atoms with Gasteiger partial charge in [-0.1, -0.05) is 12.1 Å². The van der Waals surface area contributed by atoms with E-state index >= 15 is 0 Å². The van der Waals surface area contributed by atoms with E-state index in [1.54, 1.807) is 6.07 Å². The lowest BCUT2D eigenvalue weighted by molar-refractivity contribution is -0.297. The van der Waals surface area contributed by atoms with Crippen LogP contribution in [0.3, 0.4) is 0 Å². The Morgan fingerprint density at radius 2 is 1.69 bits per heavy atom. The van der Waals surface area contributed by atoms with Gasteiger partial charge in [0.1, 0.15) is 24.4 Å². The molecule has 0 aliphatic carbocycles. The average Bonchev–Trinajstić information content (AvgIpc) is 2.87. The highest BCUT2D eigenvalue weighted by Crippen LogP contribution is 2.34. The van der Waals surface area contributed by atoms with Crippen LogP contribution >= 0.6 is 0 Å². The van der Waals surface area contributed by atoms with Crippen LogP contribution in [0.2, 0.25) is 0 Å². The topological polar surface area (TPSA) is 179 Å². The third-order valence-electron chi connectivity index (χ3n) is 6.06. The van der Waals surface area contributed by atoms with E-state index in [-0.39, 0.29) is 36.2 Å². The van der Waals surface area contributed by atoms with Gasteiger partial charge in [-0.2, -0.15) is 0 Å². The lowest BCUT2D eigenvalue weighted by Crippen LogP contribution is -2.57. The van der Waals surface area contributed by atoms with Crippen molar-refractivity contribution < 1.29 is 54.7 Å². The summed E-state index contributed by atoms with van der Waals surface area (Å²) in [7, 11) is 1.36. The fraction of sp³-hybridized carbons (Fsp3) is 0.520. The smallest absolute Gasteiger partial charge is 0.186 e. The first-order chi connectivity index (χ1) is 17.2. The molecule has 3 rings (SSSR count). The molecule has 1 fully saturated rings. The second-order valence-electron chi connectivity index (χ2n) is 8.68. The van der Waals surface area contributed by atoms with Crippen molar-refractivity contribution in [3.05, 3.63) is 47.5 Å². The highest BCUT2D eigenvalue weighted by molar-refractivity contribution is 5.44. The molecule has 1 saturated heterocycles. The molecule has 0 bridgehead atoms. The molecule has 2 aromatic rings. The molecule has 1 heterocycles. The Morgan fingerprint density at radius 3 is 2.36 bits per heavy atom. The minimum Gasteiger partial charge on any atom is -0.504 e. The number of aliphatic hydroxyl groups is 5. The summed E-state index contributed by atoms with van der Waals surface area (Å²) in [6.07, 6.45) is -7.92. The fourth-order valence-corrected chi connectivity index (χ4v) is 3.89. The molecule has 7 atom stereocenters. The Hall–Kier alpha value is -2.64. The molecule has 7 unspecified atom stereocenters. The Morgan fingerprint density at radius 1 is 0.944 bits per heavy atom. The van der Waals surface area contributed by atoms with Gasteiger partial charge in [-0.15, -0.1) is 0 Å². The predicted molar refractivity (Wildman–Crippen MR) is 126 cm³/mol. The Kier molecular flexibility index (Phi) is 9.74. The number of hydrogen-bond donors (Lipinski definition) is 7. The number of hydrogen-bond acceptors (Lipinski definition) is 11. The maximum Gasteiger partial charge on any atom is 0.186 e. The van der Waals surface area contributed by atoms with Crippen LogP contribution in [0.4, 0.5) is 0 Å². The highest BCUT2D eigenvalue weighted by Gasteiger charge is 2.43. The van der Waals surface area contributed by atoms with Crippen LogP contribution in [0.1, 0.15) is 30.6 Å². The van der Waals surface area contributed by atoms with Gasteiger partial charge in [-0.3, -0.25) is 0 Å².